The SMILES string of the molecule is C#Cc1cc(Oc2cnc(NC(CC)CO)nc2N)c(C(C)C)cn1.C#Cc1cc(Oc2cnc(NC)nc2N)c(C(C)C)cn1.C#Cc1cc(Oc2cnc(NC3CC3)nc2N)c(C(C)C)cn1.C#Cc1cc(Oc2cnc(NCC(O)CC)nc2N)c(C(C)C)cn1.C#Cc1cc(Oc2cnc(NCCC)nc2N)c(C(C)C)cn1.CNc1ncc(Oc2cc(Br)ncc2C(C)C)c(NC)n1. The number of ether oxygens (including phenoxy) is 6. The zero-order valence-electron chi connectivity index (χ0n) is 80.8. The standard InChI is InChI=1S/2C18H23N5O2.C17H19N5O.C17H21N5O.C15H17N5O.C14H18BrN5O/c1-5-12-7-15(14(8-20-12)11(3)4)25-16-9-21-18(23-17(16)19)22-13(6-2)10-24;1-5-12-7-15(14(9-20-12)11(3)4)25-16-10-22-18(23-17(16)19)21-8-13(24)6-2;1-4-11-7-14(13(8-19-11)10(2)3)23-15-9-20-17(22-16(15)18)21-12-5-6-12;1-5-7-19-17-21-10-15(16(18)22-17)23-14-8-12(6-2)20-9-13(14)11(3)4;1-5-10-6-12(11(7-18-10)9(2)3)21-13-8-19-15(17-4)20-14(13)16;1-8(2)9-6-18-12(15)5-10(9)21-11-7-19-14(17-4)20-13(11)16-3/h1,7-9,11,13,24H,6,10H2,2-4H3,(H3,19,21,22,23);1,7,9-11,13,24H,6,8H2,2-4H3,(H3,19,21,22,23);1,7-10,12H,5-6H2,2-3H3,(H3,18,20,21,22);2,8-11H,5,7H2,1,3-4H3,(H3,18,19,21,22);1,6-9H,2-4H3,(H3,16,17,19,20);5-8H,1-4H3,(H2,16,17,19,20). The average molecular weight is 1940 g/mol. The molecule has 0 bridgehead atoms. The number of rotatable bonds is 34. The molecule has 13 rings (SSSR count). The van der Waals surface area contributed by atoms with E-state index in [0.29, 0.717) is 158 Å². The van der Waals surface area contributed by atoms with Gasteiger partial charge in [-0.05, 0) is 83.5 Å². The lowest BCUT2D eigenvalue weighted by Gasteiger charge is -2.16. The fraction of sp³-hybridized carbons (Fsp3) is 0.354. The summed E-state index contributed by atoms with van der Waals surface area (Å²) in [6.45, 7) is 31.7. The van der Waals surface area contributed by atoms with Gasteiger partial charge in [0, 0.05) is 147 Å². The number of terminal acetylenes is 5. The molecule has 12 aromatic rings. The van der Waals surface area contributed by atoms with Gasteiger partial charge in [0.15, 0.2) is 69.4 Å². The van der Waals surface area contributed by atoms with Gasteiger partial charge >= 0.3 is 0 Å². The molecular weight excluding hydrogens is 1820 g/mol. The molecule has 138 heavy (non-hydrogen) atoms. The number of nitrogens with two attached hydrogens (primary N) is 5. The molecule has 12 aromatic heterocycles. The molecule has 1 saturated carbocycles. The molecule has 0 aliphatic heterocycles. The molecule has 0 saturated heterocycles. The van der Waals surface area contributed by atoms with Crippen molar-refractivity contribution in [2.75, 3.05) is 107 Å². The van der Waals surface area contributed by atoms with E-state index in [1.807, 2.05) is 67.7 Å². The first kappa shape index (κ1) is 107. The fourth-order valence-electron chi connectivity index (χ4n) is 11.8. The van der Waals surface area contributed by atoms with Crippen LogP contribution in [0.25, 0.3) is 0 Å². The number of aliphatic hydroxyl groups is 2. The Bertz CT molecular complexity index is 6280. The third-order valence-electron chi connectivity index (χ3n) is 19.9. The normalized spacial score (nSPS) is 11.5. The van der Waals surface area contributed by atoms with Crippen molar-refractivity contribution in [1.29, 1.82) is 0 Å². The lowest BCUT2D eigenvalue weighted by molar-refractivity contribution is 0.183. The van der Waals surface area contributed by atoms with Gasteiger partial charge in [-0.15, -0.1) is 32.1 Å². The molecule has 1 aliphatic rings. The Balaban J connectivity index is 0.000000203. The molecule has 0 radical (unpaired) electrons. The minimum Gasteiger partial charge on any atom is -0.451 e. The third-order valence-corrected chi connectivity index (χ3v) is 20.4. The number of aliphatic hydroxyl groups excluding tert-OH is 2. The molecule has 0 spiro atoms. The van der Waals surface area contributed by atoms with E-state index in [0.717, 1.165) is 76.0 Å². The fourth-order valence-corrected chi connectivity index (χ4v) is 12.2. The first-order valence-corrected chi connectivity index (χ1v) is 45.3. The van der Waals surface area contributed by atoms with E-state index in [1.165, 1.54) is 18.6 Å². The molecule has 1 fully saturated rings. The van der Waals surface area contributed by atoms with Crippen molar-refractivity contribution < 1.29 is 38.6 Å². The van der Waals surface area contributed by atoms with Crippen LogP contribution in [0.15, 0.2) is 115 Å². The number of nitrogen functional groups attached to an aromatic ring is 5. The minimum atomic E-state index is -0.464. The topological polar surface area (TPSA) is 542 Å². The molecular formula is C99H121BrN30O8. The minimum absolute atomic E-state index is 0.0123. The molecule has 2 unspecified atom stereocenters. The van der Waals surface area contributed by atoms with Gasteiger partial charge in [-0.25, -0.2) is 59.8 Å². The van der Waals surface area contributed by atoms with Crippen LogP contribution in [0.3, 0.4) is 0 Å². The molecule has 2 atom stereocenters. The number of hydrogen-bond acceptors (Lipinski definition) is 38. The lowest BCUT2D eigenvalue weighted by Crippen LogP contribution is -2.24. The zero-order chi connectivity index (χ0) is 101. The first-order chi connectivity index (χ1) is 66.1. The van der Waals surface area contributed by atoms with Crippen LogP contribution in [-0.2, 0) is 0 Å². The predicted octanol–water partition coefficient (Wildman–Crippen LogP) is 17.2. The summed E-state index contributed by atoms with van der Waals surface area (Å²) in [6, 6.07) is 10.7. The summed E-state index contributed by atoms with van der Waals surface area (Å²) < 4.78 is 36.1. The van der Waals surface area contributed by atoms with E-state index in [9.17, 15) is 10.2 Å². The summed E-state index contributed by atoms with van der Waals surface area (Å²) >= 11 is 3.37. The van der Waals surface area contributed by atoms with Gasteiger partial charge in [0.25, 0.3) is 0 Å². The number of aromatic nitrogens is 18. The van der Waals surface area contributed by atoms with Crippen LogP contribution in [0.4, 0.5) is 70.6 Å². The first-order valence-electron chi connectivity index (χ1n) is 44.5. The van der Waals surface area contributed by atoms with Crippen LogP contribution < -0.4 is 94.3 Å². The van der Waals surface area contributed by atoms with E-state index in [4.69, 9.17) is 89.2 Å². The highest BCUT2D eigenvalue weighted by Crippen LogP contribution is 2.41. The van der Waals surface area contributed by atoms with E-state index >= 15 is 0 Å². The Hall–Kier alpha value is -16.0. The van der Waals surface area contributed by atoms with Gasteiger partial charge < -0.3 is 105 Å². The van der Waals surface area contributed by atoms with Crippen LogP contribution >= 0.6 is 15.9 Å². The highest BCUT2D eigenvalue weighted by molar-refractivity contribution is 9.10. The quantitative estimate of drug-likeness (QED) is 0.0132. The van der Waals surface area contributed by atoms with Gasteiger partial charge in [0.1, 0.15) is 67.6 Å². The van der Waals surface area contributed by atoms with Crippen molar-refractivity contribution in [3.8, 4) is 131 Å². The highest BCUT2D eigenvalue weighted by Gasteiger charge is 2.25. The Morgan fingerprint density at radius 2 is 0.652 bits per heavy atom. The predicted molar refractivity (Wildman–Crippen MR) is 546 cm³/mol. The van der Waals surface area contributed by atoms with E-state index in [2.05, 4.69) is 221 Å². The number of nitrogens with zero attached hydrogens (tertiary/aromatic N) is 18. The van der Waals surface area contributed by atoms with Crippen LogP contribution in [0.5, 0.6) is 69.0 Å². The van der Waals surface area contributed by atoms with E-state index < -0.39 is 6.10 Å². The molecule has 722 valence electrons. The van der Waals surface area contributed by atoms with Crippen molar-refractivity contribution in [3.05, 3.63) is 177 Å². The Morgan fingerprint density at radius 1 is 0.362 bits per heavy atom. The molecule has 12 heterocycles. The summed E-state index contributed by atoms with van der Waals surface area (Å²) in [5.41, 5.74) is 37.9. The van der Waals surface area contributed by atoms with Gasteiger partial charge in [-0.1, -0.05) is 133 Å². The van der Waals surface area contributed by atoms with E-state index in [1.54, 1.807) is 101 Å². The number of nitrogens with one attached hydrogen (secondary N) is 7. The van der Waals surface area contributed by atoms with Crippen molar-refractivity contribution in [1.82, 2.24) is 89.7 Å². The largest absolute Gasteiger partial charge is 0.451 e. The van der Waals surface area contributed by atoms with Crippen molar-refractivity contribution in [3.63, 3.8) is 0 Å². The highest BCUT2D eigenvalue weighted by atomic mass is 79.9. The summed E-state index contributed by atoms with van der Waals surface area (Å²) in [5.74, 6) is 24.5. The number of hydrogen-bond donors (Lipinski definition) is 14. The molecule has 0 amide bonds. The van der Waals surface area contributed by atoms with Crippen LogP contribution in [0.2, 0.25) is 0 Å². The van der Waals surface area contributed by atoms with Crippen molar-refractivity contribution in [2.24, 2.45) is 0 Å². The van der Waals surface area contributed by atoms with Gasteiger partial charge in [0.2, 0.25) is 35.7 Å². The molecule has 39 heteroatoms. The molecule has 1 aliphatic carbocycles. The summed E-state index contributed by atoms with van der Waals surface area (Å²) in [4.78, 5) is 75.5. The van der Waals surface area contributed by atoms with Crippen molar-refractivity contribution >= 4 is 86.5 Å². The smallest absolute Gasteiger partial charge is 0.225 e. The zero-order valence-corrected chi connectivity index (χ0v) is 82.4. The third kappa shape index (κ3) is 32.1. The van der Waals surface area contributed by atoms with Crippen molar-refractivity contribution in [2.45, 2.75) is 190 Å². The molecule has 38 nitrogen and oxygen atoms in total. The van der Waals surface area contributed by atoms with E-state index in [-0.39, 0.29) is 71.3 Å². The van der Waals surface area contributed by atoms with Crippen LogP contribution in [0, 0.1) is 61.7 Å². The monoisotopic (exact) mass is 1940 g/mol. The second-order valence-corrected chi connectivity index (χ2v) is 33.2. The lowest BCUT2D eigenvalue weighted by atomic mass is 10.0. The Labute approximate surface area is 814 Å². The number of halogens is 1. The maximum atomic E-state index is 9.57. The maximum Gasteiger partial charge on any atom is 0.225 e. The molecule has 19 N–H and O–H groups in total. The summed E-state index contributed by atoms with van der Waals surface area (Å²) in [5, 5.41) is 39.8. The number of anilines is 12. The average Bonchev–Trinajstić information content (AvgIpc) is 0.942. The van der Waals surface area contributed by atoms with Crippen LogP contribution in [0.1, 0.15) is 233 Å². The summed E-state index contributed by atoms with van der Waals surface area (Å²) in [7, 11) is 5.28. The Kier molecular flexibility index (Phi) is 41.3. The van der Waals surface area contributed by atoms with Gasteiger partial charge in [-0.2, -0.15) is 29.9 Å². The van der Waals surface area contributed by atoms with Gasteiger partial charge in [-0.3, -0.25) is 0 Å². The summed E-state index contributed by atoms with van der Waals surface area (Å²) in [6.07, 6.45) is 50.9. The number of pyridine rings is 6. The maximum absolute atomic E-state index is 9.57. The van der Waals surface area contributed by atoms with Crippen LogP contribution in [-0.4, -0.2) is 159 Å². The van der Waals surface area contributed by atoms with Gasteiger partial charge in [0.05, 0.1) is 55.9 Å². The Morgan fingerprint density at radius 3 is 0.957 bits per heavy atom. The second-order valence-electron chi connectivity index (χ2n) is 32.4. The second kappa shape index (κ2) is 53.2. The molecule has 0 aromatic carbocycles.